The Kier molecular flexibility index (Phi) is 5.57. The number of benzene rings is 2. The van der Waals surface area contributed by atoms with E-state index < -0.39 is 0 Å². The molecule has 6 nitrogen and oxygen atoms in total. The Morgan fingerprint density at radius 3 is 2.72 bits per heavy atom. The Hall–Kier alpha value is -2.51. The number of aromatic amines is 1. The lowest BCUT2D eigenvalue weighted by Crippen LogP contribution is -2.13. The molecule has 0 fully saturated rings. The molecule has 2 N–H and O–H groups in total. The van der Waals surface area contributed by atoms with Crippen LogP contribution in [0, 0.1) is 4.77 Å². The highest BCUT2D eigenvalue weighted by molar-refractivity contribution is 7.71. The SMILES string of the molecule is COc1cc(CNn2cn[nH]c2=S)c(Cl)cc1OCc1ccccc1. The fourth-order valence-electron chi connectivity index (χ4n) is 2.25. The van der Waals surface area contributed by atoms with Gasteiger partial charge in [0.25, 0.3) is 0 Å². The summed E-state index contributed by atoms with van der Waals surface area (Å²) in [7, 11) is 1.60. The van der Waals surface area contributed by atoms with Crippen molar-refractivity contribution in [3.8, 4) is 11.5 Å². The molecule has 8 heteroatoms. The summed E-state index contributed by atoms with van der Waals surface area (Å²) in [5.41, 5.74) is 5.04. The van der Waals surface area contributed by atoms with E-state index in [4.69, 9.17) is 33.3 Å². The van der Waals surface area contributed by atoms with Gasteiger partial charge in [0.2, 0.25) is 4.77 Å². The fourth-order valence-corrected chi connectivity index (χ4v) is 2.64. The largest absolute Gasteiger partial charge is 0.493 e. The van der Waals surface area contributed by atoms with Crippen molar-refractivity contribution in [1.29, 1.82) is 0 Å². The van der Waals surface area contributed by atoms with E-state index in [2.05, 4.69) is 15.6 Å². The first-order valence-electron chi connectivity index (χ1n) is 7.56. The second-order valence-electron chi connectivity index (χ2n) is 5.24. The van der Waals surface area contributed by atoms with Crippen LogP contribution in [0.2, 0.25) is 5.02 Å². The highest BCUT2D eigenvalue weighted by atomic mass is 35.5. The molecule has 1 heterocycles. The molecule has 0 atom stereocenters. The molecule has 0 aliphatic heterocycles. The van der Waals surface area contributed by atoms with Crippen LogP contribution in [-0.2, 0) is 13.2 Å². The highest BCUT2D eigenvalue weighted by Gasteiger charge is 2.11. The van der Waals surface area contributed by atoms with E-state index in [1.807, 2.05) is 36.4 Å². The van der Waals surface area contributed by atoms with Crippen molar-refractivity contribution in [2.24, 2.45) is 0 Å². The van der Waals surface area contributed by atoms with Gasteiger partial charge in [-0.05, 0) is 29.4 Å². The van der Waals surface area contributed by atoms with E-state index >= 15 is 0 Å². The molecule has 0 spiro atoms. The Bertz CT molecular complexity index is 895. The summed E-state index contributed by atoms with van der Waals surface area (Å²) in [6, 6.07) is 13.5. The maximum atomic E-state index is 6.39. The number of nitrogens with one attached hydrogen (secondary N) is 2. The van der Waals surface area contributed by atoms with Crippen molar-refractivity contribution in [3.05, 3.63) is 69.7 Å². The van der Waals surface area contributed by atoms with Gasteiger partial charge in [-0.25, -0.2) is 4.68 Å². The van der Waals surface area contributed by atoms with Crippen molar-refractivity contribution in [2.75, 3.05) is 12.5 Å². The van der Waals surface area contributed by atoms with Crippen LogP contribution in [0.4, 0.5) is 0 Å². The monoisotopic (exact) mass is 376 g/mol. The van der Waals surface area contributed by atoms with Gasteiger partial charge in [-0.3, -0.25) is 5.10 Å². The summed E-state index contributed by atoms with van der Waals surface area (Å²) in [4.78, 5) is 0. The third-order valence-corrected chi connectivity index (χ3v) is 4.20. The van der Waals surface area contributed by atoms with Crippen LogP contribution in [0.1, 0.15) is 11.1 Å². The summed E-state index contributed by atoms with van der Waals surface area (Å²) in [5.74, 6) is 1.22. The zero-order chi connectivity index (χ0) is 17.6. The number of halogens is 1. The molecule has 0 radical (unpaired) electrons. The topological polar surface area (TPSA) is 64.1 Å². The zero-order valence-corrected chi connectivity index (χ0v) is 15.1. The molecule has 0 aliphatic rings. The number of hydrogen-bond donors (Lipinski definition) is 2. The predicted molar refractivity (Wildman–Crippen MR) is 99.3 cm³/mol. The van der Waals surface area contributed by atoms with Crippen LogP contribution in [-0.4, -0.2) is 22.0 Å². The molecular formula is C17H17ClN4O2S. The maximum Gasteiger partial charge on any atom is 0.214 e. The van der Waals surface area contributed by atoms with E-state index in [0.717, 1.165) is 11.1 Å². The maximum absolute atomic E-state index is 6.39. The van der Waals surface area contributed by atoms with Crippen molar-refractivity contribution in [1.82, 2.24) is 14.9 Å². The summed E-state index contributed by atoms with van der Waals surface area (Å²) in [5, 5.41) is 7.10. The first-order chi connectivity index (χ1) is 12.2. The van der Waals surface area contributed by atoms with Crippen LogP contribution in [0.5, 0.6) is 11.5 Å². The van der Waals surface area contributed by atoms with Crippen LogP contribution in [0.25, 0.3) is 0 Å². The van der Waals surface area contributed by atoms with E-state index in [1.54, 1.807) is 24.2 Å². The van der Waals surface area contributed by atoms with E-state index in [1.165, 1.54) is 0 Å². The van der Waals surface area contributed by atoms with Gasteiger partial charge in [-0.15, -0.1) is 0 Å². The van der Waals surface area contributed by atoms with Gasteiger partial charge in [0.05, 0.1) is 13.7 Å². The van der Waals surface area contributed by atoms with E-state index in [9.17, 15) is 0 Å². The average Bonchev–Trinajstić information content (AvgIpc) is 3.05. The minimum atomic E-state index is 0.440. The average molecular weight is 377 g/mol. The number of methoxy groups -OCH3 is 1. The molecule has 130 valence electrons. The molecular weight excluding hydrogens is 360 g/mol. The lowest BCUT2D eigenvalue weighted by molar-refractivity contribution is 0.284. The van der Waals surface area contributed by atoms with Crippen LogP contribution in [0.15, 0.2) is 48.8 Å². The summed E-state index contributed by atoms with van der Waals surface area (Å²) < 4.78 is 13.4. The molecule has 3 aromatic rings. The molecule has 0 saturated carbocycles. The number of H-pyrrole nitrogens is 1. The molecule has 0 aliphatic carbocycles. The second kappa shape index (κ2) is 8.04. The zero-order valence-electron chi connectivity index (χ0n) is 13.5. The first kappa shape index (κ1) is 17.3. The van der Waals surface area contributed by atoms with Gasteiger partial charge in [-0.1, -0.05) is 41.9 Å². The predicted octanol–water partition coefficient (Wildman–Crippen LogP) is 3.93. The Morgan fingerprint density at radius 2 is 2.04 bits per heavy atom. The summed E-state index contributed by atoms with van der Waals surface area (Å²) >= 11 is 11.5. The van der Waals surface area contributed by atoms with Gasteiger partial charge < -0.3 is 14.9 Å². The number of ether oxygens (including phenoxy) is 2. The molecule has 2 aromatic carbocycles. The molecule has 0 unspecified atom stereocenters. The van der Waals surface area contributed by atoms with Gasteiger partial charge in [0.1, 0.15) is 12.9 Å². The quantitative estimate of drug-likeness (QED) is 0.612. The van der Waals surface area contributed by atoms with Gasteiger partial charge in [-0.2, -0.15) is 5.10 Å². The minimum absolute atomic E-state index is 0.440. The van der Waals surface area contributed by atoms with Crippen LogP contribution < -0.4 is 14.9 Å². The van der Waals surface area contributed by atoms with Gasteiger partial charge >= 0.3 is 0 Å². The Balaban J connectivity index is 1.73. The van der Waals surface area contributed by atoms with Crippen molar-refractivity contribution in [3.63, 3.8) is 0 Å². The van der Waals surface area contributed by atoms with E-state index in [-0.39, 0.29) is 0 Å². The van der Waals surface area contributed by atoms with Crippen LogP contribution in [0.3, 0.4) is 0 Å². The fraction of sp³-hybridized carbons (Fsp3) is 0.176. The highest BCUT2D eigenvalue weighted by Crippen LogP contribution is 2.34. The molecule has 0 amide bonds. The lowest BCUT2D eigenvalue weighted by atomic mass is 10.2. The number of rotatable bonds is 7. The minimum Gasteiger partial charge on any atom is -0.493 e. The number of aromatic nitrogens is 3. The number of nitrogens with zero attached hydrogens (tertiary/aromatic N) is 2. The number of hydrogen-bond acceptors (Lipinski definition) is 5. The smallest absolute Gasteiger partial charge is 0.214 e. The van der Waals surface area contributed by atoms with Gasteiger partial charge in [0.15, 0.2) is 11.5 Å². The molecule has 0 bridgehead atoms. The normalized spacial score (nSPS) is 10.5. The third-order valence-electron chi connectivity index (χ3n) is 3.56. The van der Waals surface area contributed by atoms with E-state index in [0.29, 0.717) is 34.4 Å². The summed E-state index contributed by atoms with van der Waals surface area (Å²) in [6.07, 6.45) is 1.56. The first-order valence-corrected chi connectivity index (χ1v) is 8.35. The molecule has 3 rings (SSSR count). The van der Waals surface area contributed by atoms with Crippen molar-refractivity contribution >= 4 is 23.8 Å². The molecule has 0 saturated heterocycles. The third kappa shape index (κ3) is 4.32. The van der Waals surface area contributed by atoms with Gasteiger partial charge in [0, 0.05) is 11.1 Å². The molecule has 25 heavy (non-hydrogen) atoms. The van der Waals surface area contributed by atoms with Crippen molar-refractivity contribution in [2.45, 2.75) is 13.2 Å². The second-order valence-corrected chi connectivity index (χ2v) is 6.03. The summed E-state index contributed by atoms with van der Waals surface area (Å²) in [6.45, 7) is 0.900. The van der Waals surface area contributed by atoms with Crippen LogP contribution >= 0.6 is 23.8 Å². The Morgan fingerprint density at radius 1 is 1.24 bits per heavy atom. The van der Waals surface area contributed by atoms with Crippen molar-refractivity contribution < 1.29 is 9.47 Å². The standard InChI is InChI=1S/C17H17ClN4O2S/c1-23-15-7-13(9-20-22-11-19-21-17(22)25)14(18)8-16(15)24-10-12-5-3-2-4-6-12/h2-8,11,20H,9-10H2,1H3,(H,21,25). The Labute approximate surface area is 155 Å². The molecule has 1 aromatic heterocycles. The lowest BCUT2D eigenvalue weighted by Gasteiger charge is -2.14.